The second kappa shape index (κ2) is 3.74. The zero-order chi connectivity index (χ0) is 8.15. The van der Waals surface area contributed by atoms with Gasteiger partial charge in [0.2, 0.25) is 0 Å². The minimum atomic E-state index is 0.528. The van der Waals surface area contributed by atoms with E-state index in [1.807, 2.05) is 0 Å². The molecular weight excluding hydrogens is 126 g/mol. The molecule has 3 heteroatoms. The van der Waals surface area contributed by atoms with Crippen LogP contribution in [0.25, 0.3) is 0 Å². The van der Waals surface area contributed by atoms with Crippen LogP contribution in [0.4, 0.5) is 0 Å². The maximum Gasteiger partial charge on any atom is 0.0737 e. The van der Waals surface area contributed by atoms with Crippen LogP contribution in [0.3, 0.4) is 0 Å². The molecule has 4 N–H and O–H groups in total. The summed E-state index contributed by atoms with van der Waals surface area (Å²) in [6.45, 7) is 7.04. The van der Waals surface area contributed by atoms with Crippen molar-refractivity contribution in [2.75, 3.05) is 7.05 Å². The Hall–Kier alpha value is -1.22. The summed E-state index contributed by atoms with van der Waals surface area (Å²) in [6.07, 6.45) is 3.11. The van der Waals surface area contributed by atoms with E-state index in [4.69, 9.17) is 11.6 Å². The van der Waals surface area contributed by atoms with Crippen molar-refractivity contribution >= 4 is 0 Å². The van der Waals surface area contributed by atoms with E-state index in [-0.39, 0.29) is 0 Å². The van der Waals surface area contributed by atoms with Crippen molar-refractivity contribution in [2.45, 2.75) is 0 Å². The molecule has 0 aromatic rings. The monoisotopic (exact) mass is 139 g/mol. The van der Waals surface area contributed by atoms with Gasteiger partial charge in [-0.15, -0.1) is 0 Å². The first-order chi connectivity index (χ1) is 4.63. The Morgan fingerprint density at radius 3 is 2.00 bits per heavy atom. The smallest absolute Gasteiger partial charge is 0.0737 e. The number of hydrazine groups is 1. The molecule has 0 aliphatic rings. The van der Waals surface area contributed by atoms with Crippen molar-refractivity contribution in [3.63, 3.8) is 0 Å². The standard InChI is InChI=1S/C7H13N3/c1-4-6(8)7(5-2)10(3)9/h4-5H,1-2,8-9H2,3H3/b7-6-. The van der Waals surface area contributed by atoms with Gasteiger partial charge in [0.1, 0.15) is 0 Å². The molecule has 0 aromatic carbocycles. The van der Waals surface area contributed by atoms with Crippen LogP contribution in [0.15, 0.2) is 36.7 Å². The third-order valence-corrected chi connectivity index (χ3v) is 1.09. The summed E-state index contributed by atoms with van der Waals surface area (Å²) in [5, 5.41) is 1.39. The predicted octanol–water partition coefficient (Wildman–Crippen LogP) is 0.334. The summed E-state index contributed by atoms with van der Waals surface area (Å²) < 4.78 is 0. The van der Waals surface area contributed by atoms with Crippen LogP contribution < -0.4 is 11.6 Å². The molecule has 0 rings (SSSR count). The van der Waals surface area contributed by atoms with Gasteiger partial charge in [0.05, 0.1) is 11.4 Å². The third kappa shape index (κ3) is 1.95. The van der Waals surface area contributed by atoms with E-state index in [9.17, 15) is 0 Å². The lowest BCUT2D eigenvalue weighted by molar-refractivity contribution is 0.451. The summed E-state index contributed by atoms with van der Waals surface area (Å²) in [4.78, 5) is 0. The Kier molecular flexibility index (Phi) is 3.28. The van der Waals surface area contributed by atoms with Crippen LogP contribution >= 0.6 is 0 Å². The molecule has 0 aliphatic carbocycles. The van der Waals surface area contributed by atoms with Gasteiger partial charge in [-0.2, -0.15) is 0 Å². The van der Waals surface area contributed by atoms with Gasteiger partial charge in [-0.1, -0.05) is 13.2 Å². The van der Waals surface area contributed by atoms with Gasteiger partial charge in [-0.25, -0.2) is 5.84 Å². The van der Waals surface area contributed by atoms with Gasteiger partial charge in [-0.05, 0) is 12.2 Å². The van der Waals surface area contributed by atoms with Crippen molar-refractivity contribution in [1.82, 2.24) is 5.01 Å². The lowest BCUT2D eigenvalue weighted by Crippen LogP contribution is -2.26. The predicted molar refractivity (Wildman–Crippen MR) is 43.6 cm³/mol. The molecule has 0 aromatic heterocycles. The van der Waals surface area contributed by atoms with Gasteiger partial charge >= 0.3 is 0 Å². The topological polar surface area (TPSA) is 55.3 Å². The minimum Gasteiger partial charge on any atom is -0.397 e. The van der Waals surface area contributed by atoms with Crippen LogP contribution in [0, 0.1) is 0 Å². The Morgan fingerprint density at radius 1 is 1.40 bits per heavy atom. The van der Waals surface area contributed by atoms with Crippen LogP contribution in [0.5, 0.6) is 0 Å². The fourth-order valence-electron chi connectivity index (χ4n) is 0.570. The van der Waals surface area contributed by atoms with E-state index in [0.717, 1.165) is 0 Å². The fraction of sp³-hybridized carbons (Fsp3) is 0.143. The zero-order valence-electron chi connectivity index (χ0n) is 6.17. The molecule has 0 saturated heterocycles. The molecule has 0 aliphatic heterocycles. The third-order valence-electron chi connectivity index (χ3n) is 1.09. The highest BCUT2D eigenvalue weighted by Gasteiger charge is 1.96. The number of hydrogen-bond acceptors (Lipinski definition) is 3. The lowest BCUT2D eigenvalue weighted by atomic mass is 10.3. The molecule has 0 unspecified atom stereocenters. The van der Waals surface area contributed by atoms with Gasteiger partial charge in [-0.3, -0.25) is 0 Å². The van der Waals surface area contributed by atoms with Crippen molar-refractivity contribution in [3.05, 3.63) is 36.7 Å². The highest BCUT2D eigenvalue weighted by Crippen LogP contribution is 2.01. The van der Waals surface area contributed by atoms with Crippen molar-refractivity contribution in [3.8, 4) is 0 Å². The number of nitrogens with zero attached hydrogens (tertiary/aromatic N) is 1. The van der Waals surface area contributed by atoms with Gasteiger partial charge in [0, 0.05) is 7.05 Å². The molecule has 0 bridgehead atoms. The summed E-state index contributed by atoms with van der Waals surface area (Å²) >= 11 is 0. The largest absolute Gasteiger partial charge is 0.397 e. The Bertz CT molecular complexity index is 168. The van der Waals surface area contributed by atoms with E-state index in [2.05, 4.69) is 13.2 Å². The highest BCUT2D eigenvalue weighted by atomic mass is 15.4. The molecule has 0 atom stereocenters. The molecule has 0 radical (unpaired) electrons. The SMILES string of the molecule is C=C/C(N)=C(\C=C)N(C)N. The summed E-state index contributed by atoms with van der Waals surface area (Å²) in [7, 11) is 1.69. The van der Waals surface area contributed by atoms with E-state index in [0.29, 0.717) is 11.4 Å². The summed E-state index contributed by atoms with van der Waals surface area (Å²) in [5.74, 6) is 5.40. The summed E-state index contributed by atoms with van der Waals surface area (Å²) in [5.41, 5.74) is 6.70. The maximum absolute atomic E-state index is 5.50. The number of likely N-dealkylation sites (N-methyl/N-ethyl adjacent to an activating group) is 1. The van der Waals surface area contributed by atoms with Gasteiger partial charge in [0.15, 0.2) is 0 Å². The van der Waals surface area contributed by atoms with Gasteiger partial charge < -0.3 is 10.7 Å². The fourth-order valence-corrected chi connectivity index (χ4v) is 0.570. The van der Waals surface area contributed by atoms with Crippen LogP contribution in [0.1, 0.15) is 0 Å². The van der Waals surface area contributed by atoms with Crippen LogP contribution in [0.2, 0.25) is 0 Å². The molecular formula is C7H13N3. The first kappa shape index (κ1) is 8.78. The van der Waals surface area contributed by atoms with Crippen LogP contribution in [-0.4, -0.2) is 12.1 Å². The van der Waals surface area contributed by atoms with E-state index < -0.39 is 0 Å². The Morgan fingerprint density at radius 2 is 1.90 bits per heavy atom. The average molecular weight is 139 g/mol. The van der Waals surface area contributed by atoms with Gasteiger partial charge in [0.25, 0.3) is 0 Å². The molecule has 10 heavy (non-hydrogen) atoms. The van der Waals surface area contributed by atoms with E-state index in [1.54, 1.807) is 13.1 Å². The number of nitrogens with two attached hydrogens (primary N) is 2. The molecule has 56 valence electrons. The van der Waals surface area contributed by atoms with Crippen molar-refractivity contribution < 1.29 is 0 Å². The first-order valence-electron chi connectivity index (χ1n) is 2.86. The number of rotatable bonds is 3. The average Bonchev–Trinajstić information content (AvgIpc) is 1.88. The summed E-state index contributed by atoms with van der Waals surface area (Å²) in [6, 6.07) is 0. The molecule has 0 amide bonds. The first-order valence-corrected chi connectivity index (χ1v) is 2.86. The lowest BCUT2D eigenvalue weighted by Gasteiger charge is -2.13. The van der Waals surface area contributed by atoms with Crippen molar-refractivity contribution in [1.29, 1.82) is 0 Å². The zero-order valence-corrected chi connectivity index (χ0v) is 6.17. The Labute approximate surface area is 61.3 Å². The number of allylic oxidation sites excluding steroid dienone is 2. The van der Waals surface area contributed by atoms with Crippen LogP contribution in [-0.2, 0) is 0 Å². The molecule has 0 spiro atoms. The second-order valence-electron chi connectivity index (χ2n) is 1.86. The van der Waals surface area contributed by atoms with E-state index >= 15 is 0 Å². The Balaban J connectivity index is 4.61. The second-order valence-corrected chi connectivity index (χ2v) is 1.86. The molecule has 0 fully saturated rings. The number of hydrogen-bond donors (Lipinski definition) is 2. The quantitative estimate of drug-likeness (QED) is 0.336. The normalized spacial score (nSPS) is 11.8. The highest BCUT2D eigenvalue weighted by molar-refractivity contribution is 5.26. The molecule has 0 heterocycles. The van der Waals surface area contributed by atoms with Crippen molar-refractivity contribution in [2.24, 2.45) is 11.6 Å². The van der Waals surface area contributed by atoms with E-state index in [1.165, 1.54) is 11.1 Å². The molecule has 0 saturated carbocycles. The molecule has 3 nitrogen and oxygen atoms in total. The minimum absolute atomic E-state index is 0.528. The maximum atomic E-state index is 5.50.